The van der Waals surface area contributed by atoms with Crippen LogP contribution in [0.3, 0.4) is 0 Å². The van der Waals surface area contributed by atoms with Gasteiger partial charge in [-0.15, -0.1) is 11.6 Å². The first-order valence-corrected chi connectivity index (χ1v) is 3.67. The predicted molar refractivity (Wildman–Crippen MR) is 39.1 cm³/mol. The molecular formula is C7H9ClO2. The van der Waals surface area contributed by atoms with Crippen molar-refractivity contribution in [2.45, 2.75) is 18.2 Å². The number of allylic oxidation sites excluding steroid dienone is 2. The minimum atomic E-state index is -0.788. The summed E-state index contributed by atoms with van der Waals surface area (Å²) in [5, 5.41) is 8.37. The molecule has 0 saturated carbocycles. The number of hydrogen-bond donors (Lipinski definition) is 1. The van der Waals surface area contributed by atoms with Crippen LogP contribution < -0.4 is 0 Å². The van der Waals surface area contributed by atoms with Crippen LogP contribution in [0.2, 0.25) is 0 Å². The lowest BCUT2D eigenvalue weighted by Gasteiger charge is -2.18. The molecule has 0 bridgehead atoms. The molecule has 0 radical (unpaired) electrons. The standard InChI is InChI=1S/C7H9ClO2/c8-6-4-2-1-3-5(6)7(9)10/h1-2,5-6H,3-4H2,(H,9,10). The monoisotopic (exact) mass is 160 g/mol. The number of alkyl halides is 1. The highest BCUT2D eigenvalue weighted by atomic mass is 35.5. The number of carbonyl (C=O) groups is 1. The van der Waals surface area contributed by atoms with Crippen molar-refractivity contribution < 1.29 is 9.90 Å². The SMILES string of the molecule is O=C(O)C1CC=CCC1Cl. The summed E-state index contributed by atoms with van der Waals surface area (Å²) in [6.45, 7) is 0. The smallest absolute Gasteiger partial charge is 0.308 e. The summed E-state index contributed by atoms with van der Waals surface area (Å²) in [6.07, 6.45) is 5.05. The Morgan fingerprint density at radius 3 is 2.50 bits per heavy atom. The molecule has 0 spiro atoms. The Morgan fingerprint density at radius 2 is 2.10 bits per heavy atom. The summed E-state index contributed by atoms with van der Waals surface area (Å²) in [6, 6.07) is 0. The van der Waals surface area contributed by atoms with Crippen LogP contribution in [-0.2, 0) is 4.79 Å². The van der Waals surface area contributed by atoms with Crippen molar-refractivity contribution in [3.05, 3.63) is 12.2 Å². The van der Waals surface area contributed by atoms with Crippen LogP contribution in [0.5, 0.6) is 0 Å². The minimum Gasteiger partial charge on any atom is -0.481 e. The van der Waals surface area contributed by atoms with E-state index in [1.54, 1.807) is 0 Å². The van der Waals surface area contributed by atoms with Crippen LogP contribution in [-0.4, -0.2) is 16.5 Å². The molecule has 0 fully saturated rings. The maximum absolute atomic E-state index is 10.4. The Balaban J connectivity index is 2.59. The second-order valence-corrected chi connectivity index (χ2v) is 2.96. The lowest BCUT2D eigenvalue weighted by Crippen LogP contribution is -2.25. The van der Waals surface area contributed by atoms with E-state index < -0.39 is 5.97 Å². The lowest BCUT2D eigenvalue weighted by atomic mass is 9.94. The Hall–Kier alpha value is -0.500. The van der Waals surface area contributed by atoms with E-state index in [-0.39, 0.29) is 11.3 Å². The highest BCUT2D eigenvalue weighted by molar-refractivity contribution is 6.22. The van der Waals surface area contributed by atoms with Gasteiger partial charge in [0.05, 0.1) is 11.3 Å². The van der Waals surface area contributed by atoms with Crippen molar-refractivity contribution in [2.75, 3.05) is 0 Å². The van der Waals surface area contributed by atoms with Crippen LogP contribution >= 0.6 is 11.6 Å². The molecule has 2 unspecified atom stereocenters. The number of carboxylic acid groups (broad SMARTS) is 1. The largest absolute Gasteiger partial charge is 0.481 e. The van der Waals surface area contributed by atoms with Gasteiger partial charge in [-0.25, -0.2) is 0 Å². The van der Waals surface area contributed by atoms with Crippen molar-refractivity contribution in [3.8, 4) is 0 Å². The topological polar surface area (TPSA) is 37.3 Å². The van der Waals surface area contributed by atoms with Crippen LogP contribution in [0.1, 0.15) is 12.8 Å². The first-order chi connectivity index (χ1) is 4.72. The maximum atomic E-state index is 10.4. The van der Waals surface area contributed by atoms with Gasteiger partial charge in [0.1, 0.15) is 0 Å². The van der Waals surface area contributed by atoms with Gasteiger partial charge in [0.2, 0.25) is 0 Å². The highest BCUT2D eigenvalue weighted by Gasteiger charge is 2.26. The number of aliphatic carboxylic acids is 1. The number of halogens is 1. The predicted octanol–water partition coefficient (Wildman–Crippen LogP) is 1.64. The van der Waals surface area contributed by atoms with Crippen molar-refractivity contribution in [3.63, 3.8) is 0 Å². The summed E-state index contributed by atoms with van der Waals surface area (Å²) >= 11 is 5.75. The molecule has 2 nitrogen and oxygen atoms in total. The molecule has 1 aliphatic rings. The molecule has 56 valence electrons. The van der Waals surface area contributed by atoms with Gasteiger partial charge in [0, 0.05) is 0 Å². The van der Waals surface area contributed by atoms with E-state index in [1.807, 2.05) is 12.2 Å². The molecule has 0 amide bonds. The van der Waals surface area contributed by atoms with Crippen molar-refractivity contribution in [1.29, 1.82) is 0 Å². The number of hydrogen-bond acceptors (Lipinski definition) is 1. The summed E-state index contributed by atoms with van der Waals surface area (Å²) in [7, 11) is 0. The Kier molecular flexibility index (Phi) is 2.33. The second kappa shape index (κ2) is 3.06. The fourth-order valence-corrected chi connectivity index (χ4v) is 1.35. The molecule has 1 rings (SSSR count). The van der Waals surface area contributed by atoms with E-state index >= 15 is 0 Å². The number of rotatable bonds is 1. The first-order valence-electron chi connectivity index (χ1n) is 3.23. The normalized spacial score (nSPS) is 32.1. The Bertz CT molecular complexity index is 165. The fourth-order valence-electron chi connectivity index (χ4n) is 1.04. The van der Waals surface area contributed by atoms with Crippen molar-refractivity contribution in [1.82, 2.24) is 0 Å². The Labute approximate surface area is 64.5 Å². The van der Waals surface area contributed by atoms with E-state index in [2.05, 4.69) is 0 Å². The zero-order valence-corrected chi connectivity index (χ0v) is 6.21. The molecule has 0 aromatic carbocycles. The quantitative estimate of drug-likeness (QED) is 0.468. The third-order valence-electron chi connectivity index (χ3n) is 1.67. The van der Waals surface area contributed by atoms with E-state index in [9.17, 15) is 4.79 Å². The van der Waals surface area contributed by atoms with Crippen LogP contribution in [0.15, 0.2) is 12.2 Å². The Morgan fingerprint density at radius 1 is 1.50 bits per heavy atom. The zero-order valence-electron chi connectivity index (χ0n) is 5.46. The molecule has 0 aliphatic heterocycles. The molecule has 0 saturated heterocycles. The zero-order chi connectivity index (χ0) is 7.56. The maximum Gasteiger partial charge on any atom is 0.308 e. The summed E-state index contributed by atoms with van der Waals surface area (Å²) in [5.74, 6) is -1.17. The van der Waals surface area contributed by atoms with E-state index in [4.69, 9.17) is 16.7 Å². The minimum absolute atomic E-state index is 0.220. The van der Waals surface area contributed by atoms with Crippen LogP contribution in [0, 0.1) is 5.92 Å². The molecule has 0 aromatic rings. The molecule has 3 heteroatoms. The molecule has 0 aromatic heterocycles. The summed E-state index contributed by atoms with van der Waals surface area (Å²) in [4.78, 5) is 10.4. The highest BCUT2D eigenvalue weighted by Crippen LogP contribution is 2.23. The van der Waals surface area contributed by atoms with E-state index in [1.165, 1.54) is 0 Å². The average Bonchev–Trinajstić information content (AvgIpc) is 1.88. The van der Waals surface area contributed by atoms with Crippen molar-refractivity contribution >= 4 is 17.6 Å². The summed E-state index contributed by atoms with van der Waals surface area (Å²) in [5.41, 5.74) is 0. The second-order valence-electron chi connectivity index (χ2n) is 2.40. The molecular weight excluding hydrogens is 152 g/mol. The van der Waals surface area contributed by atoms with Gasteiger partial charge in [-0.2, -0.15) is 0 Å². The molecule has 1 aliphatic carbocycles. The van der Waals surface area contributed by atoms with Gasteiger partial charge in [-0.1, -0.05) is 12.2 Å². The third-order valence-corrected chi connectivity index (χ3v) is 2.15. The van der Waals surface area contributed by atoms with Gasteiger partial charge >= 0.3 is 5.97 Å². The average molecular weight is 161 g/mol. The molecule has 1 N–H and O–H groups in total. The molecule has 2 atom stereocenters. The first kappa shape index (κ1) is 7.61. The van der Waals surface area contributed by atoms with Gasteiger partial charge < -0.3 is 5.11 Å². The molecule has 0 heterocycles. The third kappa shape index (κ3) is 1.51. The van der Waals surface area contributed by atoms with Gasteiger partial charge in [-0.3, -0.25) is 4.79 Å². The van der Waals surface area contributed by atoms with E-state index in [0.717, 1.165) is 0 Å². The van der Waals surface area contributed by atoms with Crippen molar-refractivity contribution in [2.24, 2.45) is 5.92 Å². The number of carboxylic acids is 1. The summed E-state index contributed by atoms with van der Waals surface area (Å²) < 4.78 is 0. The van der Waals surface area contributed by atoms with E-state index in [0.29, 0.717) is 12.8 Å². The molecule has 10 heavy (non-hydrogen) atoms. The van der Waals surface area contributed by atoms with Crippen LogP contribution in [0.25, 0.3) is 0 Å². The fraction of sp³-hybridized carbons (Fsp3) is 0.571. The van der Waals surface area contributed by atoms with Gasteiger partial charge in [0.25, 0.3) is 0 Å². The lowest BCUT2D eigenvalue weighted by molar-refractivity contribution is -0.141. The van der Waals surface area contributed by atoms with Gasteiger partial charge in [0.15, 0.2) is 0 Å². The van der Waals surface area contributed by atoms with Gasteiger partial charge in [-0.05, 0) is 12.8 Å². The van der Waals surface area contributed by atoms with Crippen LogP contribution in [0.4, 0.5) is 0 Å².